The highest BCUT2D eigenvalue weighted by Gasteiger charge is 2.18. The van der Waals surface area contributed by atoms with Crippen LogP contribution in [0.4, 0.5) is 5.69 Å². The molecule has 0 radical (unpaired) electrons. The Kier molecular flexibility index (Phi) is 6.42. The first-order chi connectivity index (χ1) is 11.1. The van der Waals surface area contributed by atoms with Gasteiger partial charge in [0.1, 0.15) is 0 Å². The van der Waals surface area contributed by atoms with E-state index in [-0.39, 0.29) is 30.0 Å². The molecular formula is C16H17BrClN3O3. The number of rotatable bonds is 5. The van der Waals surface area contributed by atoms with Gasteiger partial charge in [0.2, 0.25) is 0 Å². The summed E-state index contributed by atoms with van der Waals surface area (Å²) < 4.78 is 5.69. The first kappa shape index (κ1) is 18.5. The van der Waals surface area contributed by atoms with Crippen LogP contribution in [0.15, 0.2) is 45.5 Å². The average molecular weight is 415 g/mol. The average Bonchev–Trinajstić information content (AvgIpc) is 2.92. The molecule has 0 bridgehead atoms. The Bertz CT molecular complexity index is 731. The van der Waals surface area contributed by atoms with Gasteiger partial charge in [0.15, 0.2) is 10.4 Å². The molecule has 1 aliphatic heterocycles. The van der Waals surface area contributed by atoms with E-state index in [2.05, 4.69) is 31.9 Å². The fourth-order valence-corrected chi connectivity index (χ4v) is 2.51. The van der Waals surface area contributed by atoms with Crippen molar-refractivity contribution in [2.75, 3.05) is 25.0 Å². The Morgan fingerprint density at radius 1 is 1.21 bits per heavy atom. The number of benzene rings is 1. The molecule has 0 unspecified atom stereocenters. The number of furan rings is 1. The van der Waals surface area contributed by atoms with Crippen molar-refractivity contribution in [3.05, 3.63) is 52.4 Å². The summed E-state index contributed by atoms with van der Waals surface area (Å²) in [7, 11) is 0. The third kappa shape index (κ3) is 4.59. The van der Waals surface area contributed by atoms with Crippen molar-refractivity contribution in [1.29, 1.82) is 0 Å². The lowest BCUT2D eigenvalue weighted by atomic mass is 10.0. The summed E-state index contributed by atoms with van der Waals surface area (Å²) in [4.78, 5) is 24.2. The number of nitrogens with one attached hydrogen (secondary N) is 3. The first-order valence-electron chi connectivity index (χ1n) is 7.27. The summed E-state index contributed by atoms with van der Waals surface area (Å²) >= 11 is 3.15. The number of hydrogen-bond donors (Lipinski definition) is 3. The van der Waals surface area contributed by atoms with Crippen LogP contribution in [-0.2, 0) is 0 Å². The number of carbonyl (C=O) groups is 2. The molecule has 2 amide bonds. The van der Waals surface area contributed by atoms with Gasteiger partial charge in [-0.25, -0.2) is 0 Å². The Balaban J connectivity index is 0.00000208. The molecule has 2 aromatic rings. The molecule has 1 aliphatic rings. The highest BCUT2D eigenvalue weighted by Crippen LogP contribution is 2.17. The molecule has 3 rings (SSSR count). The molecule has 0 spiro atoms. The van der Waals surface area contributed by atoms with E-state index >= 15 is 0 Å². The van der Waals surface area contributed by atoms with Crippen molar-refractivity contribution in [3.8, 4) is 0 Å². The molecular weight excluding hydrogens is 398 g/mol. The minimum Gasteiger partial charge on any atom is -0.444 e. The number of amides is 2. The third-order valence-corrected chi connectivity index (χ3v) is 4.02. The first-order valence-corrected chi connectivity index (χ1v) is 8.07. The van der Waals surface area contributed by atoms with Crippen LogP contribution in [0.2, 0.25) is 0 Å². The molecule has 2 heterocycles. The van der Waals surface area contributed by atoms with Crippen LogP contribution in [0.3, 0.4) is 0 Å². The van der Waals surface area contributed by atoms with Crippen LogP contribution in [0.5, 0.6) is 0 Å². The Labute approximate surface area is 153 Å². The highest BCUT2D eigenvalue weighted by molar-refractivity contribution is 9.10. The van der Waals surface area contributed by atoms with Crippen molar-refractivity contribution in [2.24, 2.45) is 5.92 Å². The van der Waals surface area contributed by atoms with E-state index in [9.17, 15) is 9.59 Å². The van der Waals surface area contributed by atoms with Gasteiger partial charge in [0.05, 0.1) is 0 Å². The molecule has 0 aliphatic carbocycles. The summed E-state index contributed by atoms with van der Waals surface area (Å²) in [5.74, 6) is 0.186. The van der Waals surface area contributed by atoms with E-state index < -0.39 is 0 Å². The van der Waals surface area contributed by atoms with Gasteiger partial charge in [0, 0.05) is 36.8 Å². The van der Waals surface area contributed by atoms with Gasteiger partial charge in [-0.05, 0) is 46.3 Å². The number of carbonyl (C=O) groups excluding carboxylic acids is 2. The van der Waals surface area contributed by atoms with Gasteiger partial charge < -0.3 is 20.4 Å². The summed E-state index contributed by atoms with van der Waals surface area (Å²) in [6, 6.07) is 10.0. The summed E-state index contributed by atoms with van der Waals surface area (Å²) in [5.41, 5.74) is 1.05. The Morgan fingerprint density at radius 3 is 2.62 bits per heavy atom. The van der Waals surface area contributed by atoms with Crippen molar-refractivity contribution in [1.82, 2.24) is 10.6 Å². The molecule has 0 atom stereocenters. The molecule has 8 heteroatoms. The van der Waals surface area contributed by atoms with Crippen LogP contribution in [0.25, 0.3) is 0 Å². The van der Waals surface area contributed by atoms with E-state index in [4.69, 9.17) is 4.42 Å². The molecule has 24 heavy (non-hydrogen) atoms. The second-order valence-corrected chi connectivity index (χ2v) is 6.15. The third-order valence-electron chi connectivity index (χ3n) is 3.60. The van der Waals surface area contributed by atoms with Crippen LogP contribution >= 0.6 is 28.3 Å². The molecule has 6 nitrogen and oxygen atoms in total. The van der Waals surface area contributed by atoms with E-state index in [1.165, 1.54) is 0 Å². The van der Waals surface area contributed by atoms with Gasteiger partial charge in [-0.15, -0.1) is 12.4 Å². The maximum Gasteiger partial charge on any atom is 0.291 e. The standard InChI is InChI=1S/C16H16BrN3O3.ClH/c17-14-5-4-13(23-14)16(22)20-12-3-1-2-11(6-12)15(21)19-9-10-7-18-8-10;/h1-6,10,18H,7-9H2,(H,19,21)(H,20,22);1H. The SMILES string of the molecule is Cl.O=C(NCC1CNC1)c1cccc(NC(=O)c2ccc(Br)o2)c1. The van der Waals surface area contributed by atoms with Crippen molar-refractivity contribution < 1.29 is 14.0 Å². The number of halogens is 2. The fraction of sp³-hybridized carbons (Fsp3) is 0.250. The van der Waals surface area contributed by atoms with Gasteiger partial charge in [-0.3, -0.25) is 9.59 Å². The molecule has 1 aromatic heterocycles. The van der Waals surface area contributed by atoms with Gasteiger partial charge >= 0.3 is 0 Å². The highest BCUT2D eigenvalue weighted by atomic mass is 79.9. The predicted octanol–water partition coefficient (Wildman–Crippen LogP) is 2.67. The zero-order chi connectivity index (χ0) is 16.2. The molecule has 1 fully saturated rings. The zero-order valence-corrected chi connectivity index (χ0v) is 15.1. The molecule has 128 valence electrons. The molecule has 1 aromatic carbocycles. The minimum absolute atomic E-state index is 0. The van der Waals surface area contributed by atoms with Crippen molar-refractivity contribution in [3.63, 3.8) is 0 Å². The van der Waals surface area contributed by atoms with Crippen molar-refractivity contribution in [2.45, 2.75) is 0 Å². The van der Waals surface area contributed by atoms with Gasteiger partial charge in [-0.2, -0.15) is 0 Å². The molecule has 1 saturated heterocycles. The Hall–Kier alpha value is -1.83. The number of anilines is 1. The second-order valence-electron chi connectivity index (χ2n) is 5.37. The topological polar surface area (TPSA) is 83.4 Å². The maximum absolute atomic E-state index is 12.1. The van der Waals surface area contributed by atoms with E-state index in [1.54, 1.807) is 36.4 Å². The fourth-order valence-electron chi connectivity index (χ4n) is 2.20. The number of hydrogen-bond acceptors (Lipinski definition) is 4. The Morgan fingerprint density at radius 2 is 2.00 bits per heavy atom. The smallest absolute Gasteiger partial charge is 0.291 e. The normalized spacial score (nSPS) is 13.5. The predicted molar refractivity (Wildman–Crippen MR) is 96.7 cm³/mol. The largest absolute Gasteiger partial charge is 0.444 e. The quantitative estimate of drug-likeness (QED) is 0.702. The summed E-state index contributed by atoms with van der Waals surface area (Å²) in [6.07, 6.45) is 0. The second kappa shape index (κ2) is 8.32. The van der Waals surface area contributed by atoms with Crippen molar-refractivity contribution >= 4 is 45.8 Å². The zero-order valence-electron chi connectivity index (χ0n) is 12.7. The monoisotopic (exact) mass is 413 g/mol. The van der Waals surface area contributed by atoms with Crippen LogP contribution in [-0.4, -0.2) is 31.4 Å². The molecule has 3 N–H and O–H groups in total. The lowest BCUT2D eigenvalue weighted by Crippen LogP contribution is -2.48. The molecule has 0 saturated carbocycles. The van der Waals surface area contributed by atoms with E-state index in [0.29, 0.717) is 28.4 Å². The lowest BCUT2D eigenvalue weighted by molar-refractivity contribution is 0.0940. The summed E-state index contributed by atoms with van der Waals surface area (Å²) in [5, 5.41) is 8.77. The minimum atomic E-state index is -0.367. The lowest BCUT2D eigenvalue weighted by Gasteiger charge is -2.27. The van der Waals surface area contributed by atoms with Gasteiger partial charge in [-0.1, -0.05) is 6.07 Å². The van der Waals surface area contributed by atoms with Crippen LogP contribution in [0, 0.1) is 5.92 Å². The van der Waals surface area contributed by atoms with Crippen LogP contribution < -0.4 is 16.0 Å². The van der Waals surface area contributed by atoms with E-state index in [1.807, 2.05) is 0 Å². The van der Waals surface area contributed by atoms with Crippen LogP contribution in [0.1, 0.15) is 20.9 Å². The van der Waals surface area contributed by atoms with Gasteiger partial charge in [0.25, 0.3) is 11.8 Å². The summed E-state index contributed by atoms with van der Waals surface area (Å²) in [6.45, 7) is 2.53. The van der Waals surface area contributed by atoms with E-state index in [0.717, 1.165) is 13.1 Å². The maximum atomic E-state index is 12.1.